The molecule has 0 aliphatic heterocycles. The SMILES string of the molecule is C=C(S)CC(=O)Nc1ccc(C(=O)Nc2cccc(Nc3ncc(Cl)c(-c4c[nH]c5ccccc45)n3)c2)cc1. The van der Waals surface area contributed by atoms with Gasteiger partial charge in [-0.05, 0) is 53.4 Å². The zero-order chi connectivity index (χ0) is 27.4. The van der Waals surface area contributed by atoms with Gasteiger partial charge in [0.1, 0.15) is 0 Å². The van der Waals surface area contributed by atoms with Crippen molar-refractivity contribution < 1.29 is 9.59 Å². The molecule has 0 saturated carbocycles. The Kier molecular flexibility index (Phi) is 7.62. The summed E-state index contributed by atoms with van der Waals surface area (Å²) in [6.07, 6.45) is 3.54. The number of fused-ring (bicyclic) bond motifs is 1. The summed E-state index contributed by atoms with van der Waals surface area (Å²) in [5.41, 5.74) is 4.75. The Labute approximate surface area is 234 Å². The fourth-order valence-corrected chi connectivity index (χ4v) is 4.32. The number of amides is 2. The van der Waals surface area contributed by atoms with E-state index < -0.39 is 0 Å². The van der Waals surface area contributed by atoms with Gasteiger partial charge < -0.3 is 20.9 Å². The number of thiol groups is 1. The van der Waals surface area contributed by atoms with Crippen molar-refractivity contribution in [1.29, 1.82) is 0 Å². The van der Waals surface area contributed by atoms with Crippen molar-refractivity contribution in [3.8, 4) is 11.3 Å². The smallest absolute Gasteiger partial charge is 0.255 e. The number of carbonyl (C=O) groups excluding carboxylic acids is 2. The monoisotopic (exact) mass is 554 g/mol. The molecule has 194 valence electrons. The van der Waals surface area contributed by atoms with Crippen molar-refractivity contribution in [3.05, 3.63) is 107 Å². The van der Waals surface area contributed by atoms with Gasteiger partial charge in [-0.1, -0.05) is 42.4 Å². The molecule has 0 bridgehead atoms. The molecule has 0 atom stereocenters. The molecule has 2 amide bonds. The third-order valence-corrected chi connectivity index (χ3v) is 6.20. The van der Waals surface area contributed by atoms with Crippen molar-refractivity contribution in [1.82, 2.24) is 15.0 Å². The molecule has 0 radical (unpaired) electrons. The van der Waals surface area contributed by atoms with E-state index in [1.165, 1.54) is 0 Å². The van der Waals surface area contributed by atoms with Crippen LogP contribution in [0.1, 0.15) is 16.8 Å². The molecule has 10 heteroatoms. The highest BCUT2D eigenvalue weighted by Crippen LogP contribution is 2.32. The van der Waals surface area contributed by atoms with Crippen molar-refractivity contribution in [2.45, 2.75) is 6.42 Å². The Morgan fingerprint density at radius 2 is 1.72 bits per heavy atom. The highest BCUT2D eigenvalue weighted by molar-refractivity contribution is 7.84. The van der Waals surface area contributed by atoms with Crippen LogP contribution in [0.3, 0.4) is 0 Å². The van der Waals surface area contributed by atoms with Crippen LogP contribution in [0, 0.1) is 0 Å². The minimum atomic E-state index is -0.293. The summed E-state index contributed by atoms with van der Waals surface area (Å²) in [5.74, 6) is -0.157. The molecule has 0 spiro atoms. The second-order valence-corrected chi connectivity index (χ2v) is 9.71. The number of halogens is 1. The predicted molar refractivity (Wildman–Crippen MR) is 160 cm³/mol. The second-order valence-electron chi connectivity index (χ2n) is 8.67. The predicted octanol–water partition coefficient (Wildman–Crippen LogP) is 7.05. The van der Waals surface area contributed by atoms with Crippen LogP contribution < -0.4 is 16.0 Å². The van der Waals surface area contributed by atoms with Gasteiger partial charge in [0.05, 0.1) is 23.3 Å². The number of anilines is 4. The number of hydrogen-bond acceptors (Lipinski definition) is 6. The molecule has 5 aromatic rings. The summed E-state index contributed by atoms with van der Waals surface area (Å²) in [4.78, 5) is 37.3. The van der Waals surface area contributed by atoms with E-state index in [1.54, 1.807) is 42.6 Å². The first kappa shape index (κ1) is 26.0. The van der Waals surface area contributed by atoms with Crippen LogP contribution in [-0.2, 0) is 4.79 Å². The third-order valence-electron chi connectivity index (χ3n) is 5.76. The number of carbonyl (C=O) groups is 2. The first-order valence-corrected chi connectivity index (χ1v) is 12.7. The molecular formula is C29H23ClN6O2S. The summed E-state index contributed by atoms with van der Waals surface area (Å²) in [5, 5.41) is 10.2. The zero-order valence-electron chi connectivity index (χ0n) is 20.5. The fraction of sp³-hybridized carbons (Fsp3) is 0.0345. The summed E-state index contributed by atoms with van der Waals surface area (Å²) >= 11 is 10.5. The number of aromatic nitrogens is 3. The molecule has 0 saturated heterocycles. The Bertz CT molecular complexity index is 1700. The van der Waals surface area contributed by atoms with E-state index in [9.17, 15) is 9.59 Å². The number of H-pyrrole nitrogens is 1. The van der Waals surface area contributed by atoms with Crippen LogP contribution in [0.15, 0.2) is 96.7 Å². The van der Waals surface area contributed by atoms with E-state index in [4.69, 9.17) is 11.6 Å². The van der Waals surface area contributed by atoms with Crippen LogP contribution in [0.2, 0.25) is 5.02 Å². The maximum atomic E-state index is 12.8. The van der Waals surface area contributed by atoms with E-state index in [0.717, 1.165) is 16.5 Å². The molecule has 3 aromatic carbocycles. The van der Waals surface area contributed by atoms with Crippen molar-refractivity contribution in [2.75, 3.05) is 16.0 Å². The first-order valence-electron chi connectivity index (χ1n) is 11.9. The zero-order valence-corrected chi connectivity index (χ0v) is 22.2. The molecule has 0 fully saturated rings. The van der Waals surface area contributed by atoms with Gasteiger partial charge in [-0.25, -0.2) is 9.97 Å². The maximum absolute atomic E-state index is 12.8. The Morgan fingerprint density at radius 3 is 2.51 bits per heavy atom. The topological polar surface area (TPSA) is 112 Å². The summed E-state index contributed by atoms with van der Waals surface area (Å²) in [7, 11) is 0. The molecule has 39 heavy (non-hydrogen) atoms. The average molecular weight is 555 g/mol. The molecule has 5 rings (SSSR count). The van der Waals surface area contributed by atoms with Crippen LogP contribution in [0.25, 0.3) is 22.2 Å². The van der Waals surface area contributed by atoms with Crippen LogP contribution in [0.4, 0.5) is 23.0 Å². The molecule has 8 nitrogen and oxygen atoms in total. The van der Waals surface area contributed by atoms with E-state index >= 15 is 0 Å². The number of rotatable bonds is 8. The lowest BCUT2D eigenvalue weighted by molar-refractivity contribution is -0.115. The maximum Gasteiger partial charge on any atom is 0.255 e. The highest BCUT2D eigenvalue weighted by Gasteiger charge is 2.13. The lowest BCUT2D eigenvalue weighted by Gasteiger charge is -2.11. The molecular weight excluding hydrogens is 532 g/mol. The van der Waals surface area contributed by atoms with Gasteiger partial charge in [0.25, 0.3) is 5.91 Å². The number of para-hydroxylation sites is 1. The normalized spacial score (nSPS) is 10.7. The highest BCUT2D eigenvalue weighted by atomic mass is 35.5. The lowest BCUT2D eigenvalue weighted by Crippen LogP contribution is -2.13. The van der Waals surface area contributed by atoms with E-state index in [0.29, 0.717) is 44.2 Å². The third kappa shape index (κ3) is 6.28. The average Bonchev–Trinajstić information content (AvgIpc) is 3.34. The summed E-state index contributed by atoms with van der Waals surface area (Å²) in [6.45, 7) is 3.60. The molecule has 2 aromatic heterocycles. The van der Waals surface area contributed by atoms with Gasteiger partial charge in [0, 0.05) is 45.3 Å². The van der Waals surface area contributed by atoms with Crippen molar-refractivity contribution in [3.63, 3.8) is 0 Å². The summed E-state index contributed by atoms with van der Waals surface area (Å²) < 4.78 is 0. The summed E-state index contributed by atoms with van der Waals surface area (Å²) in [6, 6.07) is 21.7. The Hall–Kier alpha value is -4.60. The van der Waals surface area contributed by atoms with Crippen LogP contribution in [-0.4, -0.2) is 26.8 Å². The lowest BCUT2D eigenvalue weighted by atomic mass is 10.1. The standard InChI is InChI=1S/C29H23ClN6O2S/c1-17(39)13-26(37)33-19-11-9-18(10-12-19)28(38)34-20-5-4-6-21(14-20)35-29-32-16-24(30)27(36-29)23-15-31-25-8-3-2-7-22(23)25/h2-12,14-16,31,39H,1,13H2,(H,33,37)(H,34,38)(H,32,35,36). The molecule has 0 aliphatic carbocycles. The van der Waals surface area contributed by atoms with Crippen LogP contribution >= 0.6 is 24.2 Å². The molecule has 0 aliphatic rings. The van der Waals surface area contributed by atoms with Gasteiger partial charge >= 0.3 is 0 Å². The number of nitrogens with zero attached hydrogens (tertiary/aromatic N) is 2. The second kappa shape index (κ2) is 11.4. The van der Waals surface area contributed by atoms with Gasteiger partial charge in [-0.3, -0.25) is 9.59 Å². The largest absolute Gasteiger partial charge is 0.360 e. The van der Waals surface area contributed by atoms with Gasteiger partial charge in [-0.2, -0.15) is 0 Å². The van der Waals surface area contributed by atoms with E-state index in [-0.39, 0.29) is 18.2 Å². The molecule has 2 heterocycles. The van der Waals surface area contributed by atoms with Gasteiger partial charge in [-0.15, -0.1) is 12.6 Å². The van der Waals surface area contributed by atoms with Crippen molar-refractivity contribution >= 4 is 70.0 Å². The number of hydrogen-bond donors (Lipinski definition) is 5. The number of benzene rings is 3. The Balaban J connectivity index is 1.28. The quantitative estimate of drug-likeness (QED) is 0.132. The van der Waals surface area contributed by atoms with Gasteiger partial charge in [0.15, 0.2) is 0 Å². The Morgan fingerprint density at radius 1 is 0.949 bits per heavy atom. The van der Waals surface area contributed by atoms with E-state index in [1.807, 2.05) is 42.6 Å². The molecule has 0 unspecified atom stereocenters. The fourth-order valence-electron chi connectivity index (χ4n) is 3.99. The number of nitrogens with one attached hydrogen (secondary N) is 4. The van der Waals surface area contributed by atoms with Crippen molar-refractivity contribution in [2.24, 2.45) is 0 Å². The molecule has 4 N–H and O–H groups in total. The minimum absolute atomic E-state index is 0.112. The number of aromatic amines is 1. The van der Waals surface area contributed by atoms with Crippen LogP contribution in [0.5, 0.6) is 0 Å². The first-order chi connectivity index (χ1) is 18.9. The minimum Gasteiger partial charge on any atom is -0.360 e. The van der Waals surface area contributed by atoms with E-state index in [2.05, 4.69) is 50.1 Å². The van der Waals surface area contributed by atoms with Gasteiger partial charge in [0.2, 0.25) is 11.9 Å².